The average molecular weight is 220 g/mol. The molecule has 1 aromatic rings. The topological polar surface area (TPSA) is 39.4 Å². The summed E-state index contributed by atoms with van der Waals surface area (Å²) in [6, 6.07) is 3.31. The first-order chi connectivity index (χ1) is 7.79. The summed E-state index contributed by atoms with van der Waals surface area (Å²) >= 11 is 0. The summed E-state index contributed by atoms with van der Waals surface area (Å²) in [5.74, 6) is 1.93. The Balaban J connectivity index is 1.86. The maximum absolute atomic E-state index is 10.4. The van der Waals surface area contributed by atoms with Gasteiger partial charge in [-0.05, 0) is 30.7 Å². The van der Waals surface area contributed by atoms with E-state index in [1.54, 1.807) is 12.1 Å². The van der Waals surface area contributed by atoms with Crippen molar-refractivity contribution in [2.75, 3.05) is 6.61 Å². The predicted octanol–water partition coefficient (Wildman–Crippen LogP) is 3.07. The van der Waals surface area contributed by atoms with Crippen molar-refractivity contribution in [1.82, 2.24) is 0 Å². The van der Waals surface area contributed by atoms with E-state index >= 15 is 0 Å². The maximum atomic E-state index is 10.4. The van der Waals surface area contributed by atoms with E-state index in [9.17, 15) is 4.79 Å². The van der Waals surface area contributed by atoms with Gasteiger partial charge in [0.05, 0.1) is 6.61 Å². The van der Waals surface area contributed by atoms with Crippen LogP contribution in [0, 0.1) is 11.8 Å². The Morgan fingerprint density at radius 3 is 2.94 bits per heavy atom. The molecule has 16 heavy (non-hydrogen) atoms. The lowest BCUT2D eigenvalue weighted by atomic mass is 9.85. The summed E-state index contributed by atoms with van der Waals surface area (Å²) in [5, 5.41) is 0. The second-order valence-electron chi connectivity index (χ2n) is 4.27. The fraction of sp³-hybridized carbons (Fsp3) is 0.462. The largest absolute Gasteiger partial charge is 0.465 e. The second kappa shape index (κ2) is 5.01. The monoisotopic (exact) mass is 220 g/mol. The van der Waals surface area contributed by atoms with Crippen LogP contribution >= 0.6 is 0 Å². The highest BCUT2D eigenvalue weighted by molar-refractivity contribution is 5.70. The van der Waals surface area contributed by atoms with Crippen molar-refractivity contribution in [2.24, 2.45) is 11.8 Å². The number of allylic oxidation sites excluding steroid dienone is 2. The molecular formula is C13H16O3. The quantitative estimate of drug-likeness (QED) is 0.578. The van der Waals surface area contributed by atoms with Crippen molar-refractivity contribution < 1.29 is 13.9 Å². The minimum atomic E-state index is 0.312. The van der Waals surface area contributed by atoms with Gasteiger partial charge in [-0.2, -0.15) is 0 Å². The van der Waals surface area contributed by atoms with Crippen molar-refractivity contribution >= 4 is 6.29 Å². The molecule has 0 saturated carbocycles. The molecule has 1 heterocycles. The molecule has 0 N–H and O–H groups in total. The van der Waals surface area contributed by atoms with E-state index in [-0.39, 0.29) is 0 Å². The third-order valence-corrected chi connectivity index (χ3v) is 3.08. The van der Waals surface area contributed by atoms with Crippen LogP contribution < -0.4 is 4.74 Å². The zero-order valence-electron chi connectivity index (χ0n) is 9.39. The standard InChI is InChI=1S/C13H16O3/c1-10-4-2-3-5-11(10)9-15-13-7-6-12(8-14)16-13/h2-3,6-8,10-11H,4-5,9H2,1H3. The van der Waals surface area contributed by atoms with Crippen LogP contribution in [-0.4, -0.2) is 12.9 Å². The molecule has 3 nitrogen and oxygen atoms in total. The number of carbonyl (C=O) groups excluding carboxylic acids is 1. The summed E-state index contributed by atoms with van der Waals surface area (Å²) in [6.07, 6.45) is 7.28. The third kappa shape index (κ3) is 2.54. The summed E-state index contributed by atoms with van der Waals surface area (Å²) in [7, 11) is 0. The first-order valence-electron chi connectivity index (χ1n) is 5.62. The first kappa shape index (κ1) is 11.0. The molecule has 3 heteroatoms. The van der Waals surface area contributed by atoms with Gasteiger partial charge in [-0.15, -0.1) is 0 Å². The number of aldehydes is 1. The van der Waals surface area contributed by atoms with Crippen molar-refractivity contribution in [1.29, 1.82) is 0 Å². The molecule has 1 aliphatic carbocycles. The fourth-order valence-electron chi connectivity index (χ4n) is 1.90. The Morgan fingerprint density at radius 2 is 2.25 bits per heavy atom. The molecule has 86 valence electrons. The maximum Gasteiger partial charge on any atom is 0.284 e. The van der Waals surface area contributed by atoms with Crippen LogP contribution in [0.4, 0.5) is 0 Å². The molecule has 0 spiro atoms. The van der Waals surface area contributed by atoms with Crippen molar-refractivity contribution in [3.63, 3.8) is 0 Å². The Morgan fingerprint density at radius 1 is 1.44 bits per heavy atom. The van der Waals surface area contributed by atoms with Gasteiger partial charge in [-0.25, -0.2) is 0 Å². The Kier molecular flexibility index (Phi) is 3.44. The average Bonchev–Trinajstić information content (AvgIpc) is 2.76. The SMILES string of the molecule is CC1CC=CCC1COc1ccc(C=O)o1. The number of rotatable bonds is 4. The lowest BCUT2D eigenvalue weighted by molar-refractivity contribution is 0.108. The zero-order chi connectivity index (χ0) is 11.4. The van der Waals surface area contributed by atoms with Crippen LogP contribution in [0.1, 0.15) is 30.3 Å². The van der Waals surface area contributed by atoms with Crippen LogP contribution in [0.3, 0.4) is 0 Å². The van der Waals surface area contributed by atoms with Gasteiger partial charge >= 0.3 is 0 Å². The first-order valence-corrected chi connectivity index (χ1v) is 5.62. The molecule has 0 radical (unpaired) electrons. The molecule has 0 aromatic carbocycles. The zero-order valence-corrected chi connectivity index (χ0v) is 9.39. The molecule has 0 fully saturated rings. The van der Waals surface area contributed by atoms with E-state index < -0.39 is 0 Å². The predicted molar refractivity (Wildman–Crippen MR) is 60.6 cm³/mol. The Labute approximate surface area is 95.1 Å². The fourth-order valence-corrected chi connectivity index (χ4v) is 1.90. The summed E-state index contributed by atoms with van der Waals surface area (Å²) in [4.78, 5) is 10.4. The van der Waals surface area contributed by atoms with E-state index in [1.807, 2.05) is 0 Å². The summed E-state index contributed by atoms with van der Waals surface area (Å²) < 4.78 is 10.7. The smallest absolute Gasteiger partial charge is 0.284 e. The highest BCUT2D eigenvalue weighted by atomic mass is 16.6. The van der Waals surface area contributed by atoms with Crippen molar-refractivity contribution in [2.45, 2.75) is 19.8 Å². The molecule has 0 aliphatic heterocycles. The molecular weight excluding hydrogens is 204 g/mol. The van der Waals surface area contributed by atoms with Gasteiger partial charge in [0, 0.05) is 6.07 Å². The van der Waals surface area contributed by atoms with E-state index in [4.69, 9.17) is 9.15 Å². The van der Waals surface area contributed by atoms with E-state index in [2.05, 4.69) is 19.1 Å². The third-order valence-electron chi connectivity index (χ3n) is 3.08. The van der Waals surface area contributed by atoms with Gasteiger partial charge in [0.15, 0.2) is 12.0 Å². The molecule has 2 unspecified atom stereocenters. The molecule has 0 saturated heterocycles. The van der Waals surface area contributed by atoms with E-state index in [1.165, 1.54) is 0 Å². The van der Waals surface area contributed by atoms with Gasteiger partial charge in [0.2, 0.25) is 0 Å². The van der Waals surface area contributed by atoms with Crippen molar-refractivity contribution in [3.05, 3.63) is 30.0 Å². The Bertz CT molecular complexity index is 378. The lowest BCUT2D eigenvalue weighted by Gasteiger charge is -2.24. The van der Waals surface area contributed by atoms with E-state index in [0.29, 0.717) is 36.4 Å². The van der Waals surface area contributed by atoms with Gasteiger partial charge < -0.3 is 9.15 Å². The van der Waals surface area contributed by atoms with Crippen LogP contribution in [-0.2, 0) is 0 Å². The summed E-state index contributed by atoms with van der Waals surface area (Å²) in [6.45, 7) is 2.88. The van der Waals surface area contributed by atoms with Gasteiger partial charge in [0.1, 0.15) is 0 Å². The molecule has 2 atom stereocenters. The molecule has 1 aliphatic rings. The molecule has 0 bridgehead atoms. The second-order valence-corrected chi connectivity index (χ2v) is 4.27. The molecule has 1 aromatic heterocycles. The van der Waals surface area contributed by atoms with Gasteiger partial charge in [-0.3, -0.25) is 4.79 Å². The van der Waals surface area contributed by atoms with Crippen molar-refractivity contribution in [3.8, 4) is 5.95 Å². The molecule has 0 amide bonds. The minimum absolute atomic E-state index is 0.312. The number of ether oxygens (including phenoxy) is 1. The van der Waals surface area contributed by atoms with Crippen LogP contribution in [0.25, 0.3) is 0 Å². The van der Waals surface area contributed by atoms with Crippen LogP contribution in [0.5, 0.6) is 5.95 Å². The van der Waals surface area contributed by atoms with Gasteiger partial charge in [0.25, 0.3) is 5.95 Å². The molecule has 2 rings (SSSR count). The number of hydrogen-bond donors (Lipinski definition) is 0. The van der Waals surface area contributed by atoms with Crippen LogP contribution in [0.15, 0.2) is 28.7 Å². The number of hydrogen-bond acceptors (Lipinski definition) is 3. The minimum Gasteiger partial charge on any atom is -0.465 e. The highest BCUT2D eigenvalue weighted by Crippen LogP contribution is 2.26. The van der Waals surface area contributed by atoms with E-state index in [0.717, 1.165) is 12.8 Å². The number of carbonyl (C=O) groups is 1. The highest BCUT2D eigenvalue weighted by Gasteiger charge is 2.19. The normalized spacial score (nSPS) is 24.3. The number of furan rings is 1. The van der Waals surface area contributed by atoms with Crippen LogP contribution in [0.2, 0.25) is 0 Å². The Hall–Kier alpha value is -1.51. The lowest BCUT2D eigenvalue weighted by Crippen LogP contribution is -2.20. The van der Waals surface area contributed by atoms with Gasteiger partial charge in [-0.1, -0.05) is 19.1 Å². The summed E-state index contributed by atoms with van der Waals surface area (Å²) in [5.41, 5.74) is 0.